The Hall–Kier alpha value is -1.86. The van der Waals surface area contributed by atoms with Crippen molar-refractivity contribution in [2.24, 2.45) is 5.41 Å². The molecule has 1 fully saturated rings. The Morgan fingerprint density at radius 3 is 2.74 bits per heavy atom. The van der Waals surface area contributed by atoms with Gasteiger partial charge >= 0.3 is 5.69 Å². The van der Waals surface area contributed by atoms with E-state index in [4.69, 9.17) is 9.47 Å². The van der Waals surface area contributed by atoms with E-state index in [0.29, 0.717) is 19.0 Å². The van der Waals surface area contributed by atoms with Crippen molar-refractivity contribution in [2.75, 3.05) is 45.3 Å². The zero-order valence-electron chi connectivity index (χ0n) is 13.8. The quantitative estimate of drug-likeness (QED) is 0.564. The Kier molecular flexibility index (Phi) is 6.18. The number of hydrogen-bond acceptors (Lipinski definition) is 6. The van der Waals surface area contributed by atoms with Gasteiger partial charge in [-0.1, -0.05) is 0 Å². The summed E-state index contributed by atoms with van der Waals surface area (Å²) in [5.41, 5.74) is 0.909. The number of piperidine rings is 1. The molecule has 1 aliphatic rings. The van der Waals surface area contributed by atoms with Gasteiger partial charge in [0.25, 0.3) is 0 Å². The first kappa shape index (κ1) is 17.5. The first-order valence-corrected chi connectivity index (χ1v) is 7.95. The zero-order valence-corrected chi connectivity index (χ0v) is 13.8. The molecule has 1 aliphatic heterocycles. The topological polar surface area (TPSA) is 85.7 Å². The van der Waals surface area contributed by atoms with Gasteiger partial charge < -0.3 is 20.1 Å². The lowest BCUT2D eigenvalue weighted by molar-refractivity contribution is -0.385. The summed E-state index contributed by atoms with van der Waals surface area (Å²) in [4.78, 5) is 10.6. The van der Waals surface area contributed by atoms with Gasteiger partial charge in [-0.05, 0) is 38.9 Å². The predicted molar refractivity (Wildman–Crippen MR) is 89.2 cm³/mol. The molecule has 0 bridgehead atoms. The minimum Gasteiger partial charge on any atom is -0.487 e. The van der Waals surface area contributed by atoms with Gasteiger partial charge in [0.1, 0.15) is 0 Å². The summed E-state index contributed by atoms with van der Waals surface area (Å²) in [7, 11) is 1.73. The number of anilines is 1. The van der Waals surface area contributed by atoms with Crippen LogP contribution < -0.4 is 15.4 Å². The maximum atomic E-state index is 11.0. The smallest absolute Gasteiger partial charge is 0.311 e. The molecule has 23 heavy (non-hydrogen) atoms. The number of methoxy groups -OCH3 is 1. The summed E-state index contributed by atoms with van der Waals surface area (Å²) in [5, 5.41) is 17.8. The fourth-order valence-corrected chi connectivity index (χ4v) is 2.97. The standard InChI is InChI=1S/C16H25N3O4/c1-3-23-15-10-13(4-5-14(15)19(20)21)18-11-16(12-22-2)6-8-17-9-7-16/h4-5,10,17-18H,3,6-9,11-12H2,1-2H3. The molecule has 0 aliphatic carbocycles. The van der Waals surface area contributed by atoms with Crippen LogP contribution in [-0.4, -0.2) is 44.9 Å². The Balaban J connectivity index is 2.09. The minimum atomic E-state index is -0.423. The summed E-state index contributed by atoms with van der Waals surface area (Å²) in [6, 6.07) is 4.91. The highest BCUT2D eigenvalue weighted by Crippen LogP contribution is 2.33. The summed E-state index contributed by atoms with van der Waals surface area (Å²) in [5.74, 6) is 0.300. The Morgan fingerprint density at radius 1 is 1.39 bits per heavy atom. The van der Waals surface area contributed by atoms with Crippen molar-refractivity contribution in [3.05, 3.63) is 28.3 Å². The number of nitrogens with one attached hydrogen (secondary N) is 2. The molecule has 0 spiro atoms. The van der Waals surface area contributed by atoms with Crippen molar-refractivity contribution in [2.45, 2.75) is 19.8 Å². The number of nitrogens with zero attached hydrogens (tertiary/aromatic N) is 1. The first-order valence-electron chi connectivity index (χ1n) is 7.95. The van der Waals surface area contributed by atoms with E-state index in [0.717, 1.165) is 38.2 Å². The van der Waals surface area contributed by atoms with Crippen LogP contribution in [0.4, 0.5) is 11.4 Å². The van der Waals surface area contributed by atoms with Crippen LogP contribution in [0.25, 0.3) is 0 Å². The summed E-state index contributed by atoms with van der Waals surface area (Å²) >= 11 is 0. The third-order valence-corrected chi connectivity index (χ3v) is 4.24. The van der Waals surface area contributed by atoms with E-state index >= 15 is 0 Å². The summed E-state index contributed by atoms with van der Waals surface area (Å²) in [6.07, 6.45) is 2.08. The molecule has 0 amide bonds. The fourth-order valence-electron chi connectivity index (χ4n) is 2.97. The van der Waals surface area contributed by atoms with Crippen LogP contribution in [0.15, 0.2) is 18.2 Å². The van der Waals surface area contributed by atoms with Crippen molar-refractivity contribution in [3.63, 3.8) is 0 Å². The molecule has 0 radical (unpaired) electrons. The maximum Gasteiger partial charge on any atom is 0.311 e. The molecule has 0 saturated carbocycles. The van der Waals surface area contributed by atoms with Crippen LogP contribution in [0.2, 0.25) is 0 Å². The SMILES string of the molecule is CCOc1cc(NCC2(COC)CCNCC2)ccc1[N+](=O)[O-]. The van der Waals surface area contributed by atoms with E-state index in [9.17, 15) is 10.1 Å². The number of benzene rings is 1. The number of nitro groups is 1. The Labute approximate surface area is 136 Å². The Bertz CT molecular complexity index is 525. The molecular weight excluding hydrogens is 298 g/mol. The number of nitro benzene ring substituents is 1. The van der Waals surface area contributed by atoms with Gasteiger partial charge in [0.15, 0.2) is 5.75 Å². The zero-order chi connectivity index (χ0) is 16.7. The van der Waals surface area contributed by atoms with E-state index in [1.165, 1.54) is 6.07 Å². The predicted octanol–water partition coefficient (Wildman–Crippen LogP) is 2.42. The number of rotatable bonds is 8. The molecule has 1 heterocycles. The largest absolute Gasteiger partial charge is 0.487 e. The van der Waals surface area contributed by atoms with Crippen molar-refractivity contribution in [3.8, 4) is 5.75 Å². The van der Waals surface area contributed by atoms with E-state index in [2.05, 4.69) is 10.6 Å². The molecule has 7 nitrogen and oxygen atoms in total. The normalized spacial score (nSPS) is 16.8. The molecule has 1 aromatic rings. The van der Waals surface area contributed by atoms with E-state index in [1.807, 2.05) is 6.92 Å². The molecule has 0 atom stereocenters. The van der Waals surface area contributed by atoms with Gasteiger partial charge in [-0.2, -0.15) is 0 Å². The average molecular weight is 323 g/mol. The van der Waals surface area contributed by atoms with Crippen LogP contribution in [0, 0.1) is 15.5 Å². The van der Waals surface area contributed by atoms with Crippen LogP contribution in [0.5, 0.6) is 5.75 Å². The molecule has 0 unspecified atom stereocenters. The lowest BCUT2D eigenvalue weighted by Gasteiger charge is -2.37. The third-order valence-electron chi connectivity index (χ3n) is 4.24. The fraction of sp³-hybridized carbons (Fsp3) is 0.625. The van der Waals surface area contributed by atoms with Crippen molar-refractivity contribution >= 4 is 11.4 Å². The van der Waals surface area contributed by atoms with E-state index in [-0.39, 0.29) is 11.1 Å². The molecule has 1 aromatic carbocycles. The second-order valence-electron chi connectivity index (χ2n) is 5.91. The second kappa shape index (κ2) is 8.12. The average Bonchev–Trinajstić information content (AvgIpc) is 2.54. The molecule has 2 rings (SSSR count). The highest BCUT2D eigenvalue weighted by Gasteiger charge is 2.32. The molecule has 2 N–H and O–H groups in total. The molecule has 0 aromatic heterocycles. The third kappa shape index (κ3) is 4.56. The monoisotopic (exact) mass is 323 g/mol. The van der Waals surface area contributed by atoms with Crippen LogP contribution in [-0.2, 0) is 4.74 Å². The van der Waals surface area contributed by atoms with Crippen molar-refractivity contribution in [1.29, 1.82) is 0 Å². The van der Waals surface area contributed by atoms with Crippen molar-refractivity contribution in [1.82, 2.24) is 5.32 Å². The van der Waals surface area contributed by atoms with E-state index < -0.39 is 4.92 Å². The summed E-state index contributed by atoms with van der Waals surface area (Å²) < 4.78 is 10.8. The summed E-state index contributed by atoms with van der Waals surface area (Å²) in [6.45, 7) is 5.64. The highest BCUT2D eigenvalue weighted by atomic mass is 16.6. The van der Waals surface area contributed by atoms with Crippen molar-refractivity contribution < 1.29 is 14.4 Å². The first-order chi connectivity index (χ1) is 11.1. The maximum absolute atomic E-state index is 11.0. The molecule has 7 heteroatoms. The van der Waals surface area contributed by atoms with E-state index in [1.54, 1.807) is 19.2 Å². The van der Waals surface area contributed by atoms with Gasteiger partial charge in [0, 0.05) is 36.9 Å². The molecule has 1 saturated heterocycles. The van der Waals surface area contributed by atoms with Crippen LogP contribution in [0.1, 0.15) is 19.8 Å². The molecule has 128 valence electrons. The lowest BCUT2D eigenvalue weighted by atomic mass is 9.79. The minimum absolute atomic E-state index is 0.00845. The molecular formula is C16H25N3O4. The second-order valence-corrected chi connectivity index (χ2v) is 5.91. The van der Waals surface area contributed by atoms with Gasteiger partial charge in [0.05, 0.1) is 18.1 Å². The van der Waals surface area contributed by atoms with Crippen LogP contribution >= 0.6 is 0 Å². The number of ether oxygens (including phenoxy) is 2. The Morgan fingerprint density at radius 2 is 2.13 bits per heavy atom. The van der Waals surface area contributed by atoms with Gasteiger partial charge in [-0.3, -0.25) is 10.1 Å². The lowest BCUT2D eigenvalue weighted by Crippen LogP contribution is -2.44. The number of hydrogen-bond donors (Lipinski definition) is 2. The van der Waals surface area contributed by atoms with Gasteiger partial charge in [-0.25, -0.2) is 0 Å². The highest BCUT2D eigenvalue weighted by molar-refractivity contribution is 5.58. The van der Waals surface area contributed by atoms with Crippen LogP contribution in [0.3, 0.4) is 0 Å². The van der Waals surface area contributed by atoms with Gasteiger partial charge in [-0.15, -0.1) is 0 Å². The van der Waals surface area contributed by atoms with Gasteiger partial charge in [0.2, 0.25) is 0 Å².